The van der Waals surface area contributed by atoms with Crippen molar-refractivity contribution in [3.8, 4) is 0 Å². The number of ether oxygens (including phenoxy) is 2. The van der Waals surface area contributed by atoms with E-state index in [1.54, 1.807) is 0 Å². The maximum atomic E-state index is 12.6. The lowest BCUT2D eigenvalue weighted by molar-refractivity contribution is -0.171. The molecular weight excluding hydrogens is 282 g/mol. The Morgan fingerprint density at radius 2 is 2.09 bits per heavy atom. The van der Waals surface area contributed by atoms with Gasteiger partial charge in [0.05, 0.1) is 19.3 Å². The number of nitrogens with one attached hydrogen (secondary N) is 1. The SMILES string of the molecule is CCOC1CC(N)(C(=O)NC(C)CN2CCOCC2)C1(C)C. The van der Waals surface area contributed by atoms with Gasteiger partial charge in [-0.3, -0.25) is 9.69 Å². The van der Waals surface area contributed by atoms with Crippen molar-refractivity contribution in [1.29, 1.82) is 0 Å². The molecule has 2 aliphatic rings. The molecule has 3 atom stereocenters. The molecule has 1 amide bonds. The minimum absolute atomic E-state index is 0.0581. The first-order chi connectivity index (χ1) is 10.3. The Hall–Kier alpha value is -0.690. The molecule has 2 rings (SSSR count). The molecule has 128 valence electrons. The molecule has 6 heteroatoms. The molecule has 1 aliphatic heterocycles. The second kappa shape index (κ2) is 6.83. The fraction of sp³-hybridized carbons (Fsp3) is 0.938. The summed E-state index contributed by atoms with van der Waals surface area (Å²) in [5.74, 6) is -0.0609. The number of hydrogen-bond acceptors (Lipinski definition) is 5. The van der Waals surface area contributed by atoms with Crippen molar-refractivity contribution in [2.24, 2.45) is 11.1 Å². The molecule has 0 bridgehead atoms. The molecule has 2 fully saturated rings. The van der Waals surface area contributed by atoms with Crippen LogP contribution in [0.15, 0.2) is 0 Å². The molecule has 1 heterocycles. The Balaban J connectivity index is 1.86. The van der Waals surface area contributed by atoms with Gasteiger partial charge in [0.2, 0.25) is 5.91 Å². The Kier molecular flexibility index (Phi) is 5.48. The van der Waals surface area contributed by atoms with E-state index < -0.39 is 5.54 Å². The lowest BCUT2D eigenvalue weighted by Gasteiger charge is -2.57. The van der Waals surface area contributed by atoms with E-state index in [0.717, 1.165) is 32.8 Å². The number of rotatable bonds is 6. The molecule has 0 radical (unpaired) electrons. The fourth-order valence-corrected chi connectivity index (χ4v) is 3.39. The average molecular weight is 313 g/mol. The van der Waals surface area contributed by atoms with Gasteiger partial charge in [0.15, 0.2) is 0 Å². The topological polar surface area (TPSA) is 76.8 Å². The molecule has 1 saturated carbocycles. The van der Waals surface area contributed by atoms with Gasteiger partial charge in [-0.1, -0.05) is 13.8 Å². The Morgan fingerprint density at radius 3 is 2.64 bits per heavy atom. The van der Waals surface area contributed by atoms with Crippen molar-refractivity contribution < 1.29 is 14.3 Å². The molecule has 6 nitrogen and oxygen atoms in total. The summed E-state index contributed by atoms with van der Waals surface area (Å²) < 4.78 is 11.0. The van der Waals surface area contributed by atoms with Gasteiger partial charge in [0, 0.05) is 44.1 Å². The van der Waals surface area contributed by atoms with Gasteiger partial charge in [-0.25, -0.2) is 0 Å². The monoisotopic (exact) mass is 313 g/mol. The first-order valence-corrected chi connectivity index (χ1v) is 8.33. The second-order valence-corrected chi connectivity index (χ2v) is 7.13. The Bertz CT molecular complexity index is 396. The highest BCUT2D eigenvalue weighted by atomic mass is 16.5. The van der Waals surface area contributed by atoms with Gasteiger partial charge >= 0.3 is 0 Å². The lowest BCUT2D eigenvalue weighted by Crippen LogP contribution is -2.76. The van der Waals surface area contributed by atoms with Crippen molar-refractivity contribution in [2.45, 2.75) is 51.8 Å². The zero-order valence-electron chi connectivity index (χ0n) is 14.4. The van der Waals surface area contributed by atoms with Crippen LogP contribution in [0.1, 0.15) is 34.1 Å². The van der Waals surface area contributed by atoms with Crippen molar-refractivity contribution in [3.63, 3.8) is 0 Å². The number of morpholine rings is 1. The molecule has 1 aliphatic carbocycles. The van der Waals surface area contributed by atoms with Gasteiger partial charge < -0.3 is 20.5 Å². The summed E-state index contributed by atoms with van der Waals surface area (Å²) in [7, 11) is 0. The van der Waals surface area contributed by atoms with E-state index in [4.69, 9.17) is 15.2 Å². The van der Waals surface area contributed by atoms with E-state index in [-0.39, 0.29) is 23.5 Å². The van der Waals surface area contributed by atoms with Crippen LogP contribution in [0.4, 0.5) is 0 Å². The van der Waals surface area contributed by atoms with Crippen LogP contribution in [0, 0.1) is 5.41 Å². The van der Waals surface area contributed by atoms with E-state index in [9.17, 15) is 4.79 Å². The van der Waals surface area contributed by atoms with E-state index in [0.29, 0.717) is 13.0 Å². The van der Waals surface area contributed by atoms with Crippen LogP contribution >= 0.6 is 0 Å². The molecule has 0 aromatic rings. The van der Waals surface area contributed by atoms with E-state index in [1.165, 1.54) is 0 Å². The van der Waals surface area contributed by atoms with E-state index >= 15 is 0 Å². The highest BCUT2D eigenvalue weighted by Gasteiger charge is 2.62. The van der Waals surface area contributed by atoms with Gasteiger partial charge in [0.25, 0.3) is 0 Å². The summed E-state index contributed by atoms with van der Waals surface area (Å²) in [6, 6.07) is 0.0768. The van der Waals surface area contributed by atoms with Gasteiger partial charge in [-0.15, -0.1) is 0 Å². The summed E-state index contributed by atoms with van der Waals surface area (Å²) in [5.41, 5.74) is 5.22. The Labute approximate surface area is 133 Å². The van der Waals surface area contributed by atoms with Crippen LogP contribution in [0.25, 0.3) is 0 Å². The molecular formula is C16H31N3O3. The maximum Gasteiger partial charge on any atom is 0.241 e. The van der Waals surface area contributed by atoms with E-state index in [2.05, 4.69) is 10.2 Å². The highest BCUT2D eigenvalue weighted by Crippen LogP contribution is 2.49. The number of nitrogens with zero attached hydrogens (tertiary/aromatic N) is 1. The van der Waals surface area contributed by atoms with Crippen LogP contribution < -0.4 is 11.1 Å². The number of nitrogens with two attached hydrogens (primary N) is 1. The normalized spacial score (nSPS) is 33.0. The third-order valence-corrected chi connectivity index (χ3v) is 5.25. The van der Waals surface area contributed by atoms with Crippen LogP contribution in [0.5, 0.6) is 0 Å². The molecule has 3 N–H and O–H groups in total. The average Bonchev–Trinajstić information content (AvgIpc) is 2.47. The zero-order chi connectivity index (χ0) is 16.4. The smallest absolute Gasteiger partial charge is 0.241 e. The first kappa shape index (κ1) is 17.7. The fourth-order valence-electron chi connectivity index (χ4n) is 3.39. The third kappa shape index (κ3) is 3.30. The van der Waals surface area contributed by atoms with Crippen molar-refractivity contribution in [2.75, 3.05) is 39.5 Å². The zero-order valence-corrected chi connectivity index (χ0v) is 14.4. The predicted molar refractivity (Wildman–Crippen MR) is 85.6 cm³/mol. The molecule has 1 saturated heterocycles. The number of hydrogen-bond donors (Lipinski definition) is 2. The molecule has 0 aromatic heterocycles. The third-order valence-electron chi connectivity index (χ3n) is 5.25. The largest absolute Gasteiger partial charge is 0.379 e. The lowest BCUT2D eigenvalue weighted by atomic mass is 9.54. The van der Waals surface area contributed by atoms with Gasteiger partial charge in [-0.2, -0.15) is 0 Å². The first-order valence-electron chi connectivity index (χ1n) is 8.33. The van der Waals surface area contributed by atoms with Crippen molar-refractivity contribution >= 4 is 5.91 Å². The molecule has 0 spiro atoms. The number of carbonyl (C=O) groups is 1. The standard InChI is InChI=1S/C16H31N3O3/c1-5-22-13-10-16(17,15(13,3)4)14(20)18-12(2)11-19-6-8-21-9-7-19/h12-13H,5-11,17H2,1-4H3,(H,18,20). The van der Waals surface area contributed by atoms with Gasteiger partial charge in [-0.05, 0) is 13.8 Å². The summed E-state index contributed by atoms with van der Waals surface area (Å²) in [5, 5.41) is 3.09. The summed E-state index contributed by atoms with van der Waals surface area (Å²) >= 11 is 0. The molecule has 22 heavy (non-hydrogen) atoms. The van der Waals surface area contributed by atoms with Crippen molar-refractivity contribution in [3.05, 3.63) is 0 Å². The van der Waals surface area contributed by atoms with Crippen LogP contribution in [0.2, 0.25) is 0 Å². The minimum Gasteiger partial charge on any atom is -0.379 e. The molecule has 0 aromatic carbocycles. The minimum atomic E-state index is -0.841. The Morgan fingerprint density at radius 1 is 1.45 bits per heavy atom. The van der Waals surface area contributed by atoms with Gasteiger partial charge in [0.1, 0.15) is 5.54 Å². The molecule has 3 unspecified atom stereocenters. The number of amides is 1. The van der Waals surface area contributed by atoms with Crippen molar-refractivity contribution in [1.82, 2.24) is 10.2 Å². The van der Waals surface area contributed by atoms with E-state index in [1.807, 2.05) is 27.7 Å². The number of carbonyl (C=O) groups excluding carboxylic acids is 1. The summed E-state index contributed by atoms with van der Waals surface area (Å²) in [6.45, 7) is 12.9. The van der Waals surface area contributed by atoms with Crippen LogP contribution in [-0.2, 0) is 14.3 Å². The predicted octanol–water partition coefficient (Wildman–Crippen LogP) is 0.356. The second-order valence-electron chi connectivity index (χ2n) is 7.13. The summed E-state index contributed by atoms with van der Waals surface area (Å²) in [4.78, 5) is 14.9. The van der Waals surface area contributed by atoms with Crippen LogP contribution in [-0.4, -0.2) is 67.9 Å². The summed E-state index contributed by atoms with van der Waals surface area (Å²) in [6.07, 6.45) is 0.645. The quantitative estimate of drug-likeness (QED) is 0.740. The highest BCUT2D eigenvalue weighted by molar-refractivity contribution is 5.89. The van der Waals surface area contributed by atoms with Crippen LogP contribution in [0.3, 0.4) is 0 Å². The maximum absolute atomic E-state index is 12.6.